The summed E-state index contributed by atoms with van der Waals surface area (Å²) in [6, 6.07) is 6.00. The zero-order valence-electron chi connectivity index (χ0n) is 7.17. The molecule has 2 aromatic rings. The van der Waals surface area contributed by atoms with Crippen molar-refractivity contribution in [2.75, 3.05) is 7.05 Å². The number of rotatable bonds is 2. The molecular weight excluding hydrogens is 232 g/mol. The van der Waals surface area contributed by atoms with Crippen molar-refractivity contribution < 1.29 is 4.52 Å². The molecule has 0 aliphatic rings. The second-order valence-electron chi connectivity index (χ2n) is 2.80. The van der Waals surface area contributed by atoms with Gasteiger partial charge in [-0.3, -0.25) is 0 Å². The number of nitrogens with one attached hydrogen (secondary N) is 1. The standard InChI is InChI=1S/C9H9BrN2O/c1-11-5-6-3-2-4-7-8(6)13-12-9(7)10/h2-4,11H,5H2,1H3. The number of hydrogen-bond acceptors (Lipinski definition) is 3. The summed E-state index contributed by atoms with van der Waals surface area (Å²) in [6.45, 7) is 0.791. The lowest BCUT2D eigenvalue weighted by molar-refractivity contribution is 0.448. The van der Waals surface area contributed by atoms with E-state index in [0.717, 1.165) is 27.7 Å². The van der Waals surface area contributed by atoms with Gasteiger partial charge in [0.05, 0.1) is 5.39 Å². The monoisotopic (exact) mass is 240 g/mol. The van der Waals surface area contributed by atoms with Gasteiger partial charge < -0.3 is 9.84 Å². The van der Waals surface area contributed by atoms with Crippen molar-refractivity contribution in [2.24, 2.45) is 0 Å². The predicted molar refractivity (Wildman–Crippen MR) is 54.5 cm³/mol. The molecule has 0 saturated carbocycles. The first-order valence-corrected chi connectivity index (χ1v) is 4.79. The average Bonchev–Trinajstić information content (AvgIpc) is 2.50. The van der Waals surface area contributed by atoms with Crippen LogP contribution in [0.15, 0.2) is 27.3 Å². The van der Waals surface area contributed by atoms with Crippen LogP contribution in [0.4, 0.5) is 0 Å². The molecule has 13 heavy (non-hydrogen) atoms. The van der Waals surface area contributed by atoms with Crippen molar-refractivity contribution >= 4 is 26.9 Å². The molecule has 0 saturated heterocycles. The number of hydrogen-bond donors (Lipinski definition) is 1. The highest BCUT2D eigenvalue weighted by Crippen LogP contribution is 2.25. The fourth-order valence-electron chi connectivity index (χ4n) is 1.32. The van der Waals surface area contributed by atoms with Crippen LogP contribution >= 0.6 is 15.9 Å². The summed E-state index contributed by atoms with van der Waals surface area (Å²) in [5.41, 5.74) is 1.97. The topological polar surface area (TPSA) is 38.1 Å². The minimum Gasteiger partial charge on any atom is -0.355 e. The molecule has 0 atom stereocenters. The maximum Gasteiger partial charge on any atom is 0.172 e. The van der Waals surface area contributed by atoms with Crippen molar-refractivity contribution in [1.82, 2.24) is 10.5 Å². The number of aromatic nitrogens is 1. The first-order valence-electron chi connectivity index (χ1n) is 4.00. The molecule has 0 bridgehead atoms. The molecule has 3 nitrogen and oxygen atoms in total. The normalized spacial score (nSPS) is 10.9. The van der Waals surface area contributed by atoms with Gasteiger partial charge in [-0.2, -0.15) is 0 Å². The Kier molecular flexibility index (Phi) is 2.33. The summed E-state index contributed by atoms with van der Waals surface area (Å²) in [5, 5.41) is 7.96. The molecule has 1 aromatic heterocycles. The lowest BCUT2D eigenvalue weighted by atomic mass is 10.1. The van der Waals surface area contributed by atoms with Gasteiger partial charge in [0.2, 0.25) is 0 Å². The van der Waals surface area contributed by atoms with Gasteiger partial charge in [-0.1, -0.05) is 17.3 Å². The van der Waals surface area contributed by atoms with E-state index in [4.69, 9.17) is 4.52 Å². The summed E-state index contributed by atoms with van der Waals surface area (Å²) >= 11 is 3.33. The largest absolute Gasteiger partial charge is 0.355 e. The van der Waals surface area contributed by atoms with E-state index in [1.165, 1.54) is 0 Å². The van der Waals surface area contributed by atoms with Crippen LogP contribution in [0.3, 0.4) is 0 Å². The molecule has 0 unspecified atom stereocenters. The van der Waals surface area contributed by atoms with E-state index < -0.39 is 0 Å². The molecule has 4 heteroatoms. The van der Waals surface area contributed by atoms with Gasteiger partial charge in [0.25, 0.3) is 0 Å². The third-order valence-corrected chi connectivity index (χ3v) is 2.48. The highest BCUT2D eigenvalue weighted by Gasteiger charge is 2.08. The summed E-state index contributed by atoms with van der Waals surface area (Å²) in [6.07, 6.45) is 0. The molecule has 1 heterocycles. The Morgan fingerprint density at radius 3 is 3.15 bits per heavy atom. The van der Waals surface area contributed by atoms with Crippen molar-refractivity contribution in [1.29, 1.82) is 0 Å². The molecule has 0 aliphatic heterocycles. The smallest absolute Gasteiger partial charge is 0.172 e. The third kappa shape index (κ3) is 1.47. The molecule has 0 spiro atoms. The number of fused-ring (bicyclic) bond motifs is 1. The first kappa shape index (κ1) is 8.72. The van der Waals surface area contributed by atoms with Crippen molar-refractivity contribution in [3.63, 3.8) is 0 Å². The zero-order valence-corrected chi connectivity index (χ0v) is 8.76. The van der Waals surface area contributed by atoms with E-state index in [0.29, 0.717) is 0 Å². The first-order chi connectivity index (χ1) is 6.33. The molecule has 1 aromatic carbocycles. The molecule has 0 aliphatic carbocycles. The van der Waals surface area contributed by atoms with E-state index in [1.807, 2.05) is 25.2 Å². The van der Waals surface area contributed by atoms with Gasteiger partial charge in [0.1, 0.15) is 0 Å². The molecule has 68 valence electrons. The zero-order chi connectivity index (χ0) is 9.26. The number of halogens is 1. The summed E-state index contributed by atoms with van der Waals surface area (Å²) in [4.78, 5) is 0. The van der Waals surface area contributed by atoms with Crippen molar-refractivity contribution in [3.8, 4) is 0 Å². The van der Waals surface area contributed by atoms with E-state index in [1.54, 1.807) is 0 Å². The highest BCUT2D eigenvalue weighted by atomic mass is 79.9. The summed E-state index contributed by atoms with van der Waals surface area (Å²) in [5.74, 6) is 0. The highest BCUT2D eigenvalue weighted by molar-refractivity contribution is 9.10. The SMILES string of the molecule is CNCc1cccc2c(Br)noc12. The van der Waals surface area contributed by atoms with Crippen LogP contribution in [0.5, 0.6) is 0 Å². The molecule has 0 amide bonds. The summed E-state index contributed by atoms with van der Waals surface area (Å²) in [7, 11) is 1.91. The molecule has 1 N–H and O–H groups in total. The van der Waals surface area contributed by atoms with Gasteiger partial charge in [0, 0.05) is 12.1 Å². The van der Waals surface area contributed by atoms with Crippen LogP contribution in [-0.4, -0.2) is 12.2 Å². The van der Waals surface area contributed by atoms with Crippen molar-refractivity contribution in [3.05, 3.63) is 28.4 Å². The van der Waals surface area contributed by atoms with E-state index in [2.05, 4.69) is 26.4 Å². The van der Waals surface area contributed by atoms with E-state index in [-0.39, 0.29) is 0 Å². The second kappa shape index (κ2) is 3.47. The quantitative estimate of drug-likeness (QED) is 0.876. The molecule has 2 rings (SSSR count). The van der Waals surface area contributed by atoms with Gasteiger partial charge in [-0.05, 0) is 29.0 Å². The van der Waals surface area contributed by atoms with Gasteiger partial charge in [0.15, 0.2) is 10.2 Å². The number of nitrogens with zero attached hydrogens (tertiary/aromatic N) is 1. The van der Waals surface area contributed by atoms with Crippen LogP contribution in [0.1, 0.15) is 5.56 Å². The lowest BCUT2D eigenvalue weighted by Gasteiger charge is -1.98. The second-order valence-corrected chi connectivity index (χ2v) is 3.55. The maximum absolute atomic E-state index is 5.20. The predicted octanol–water partition coefficient (Wildman–Crippen LogP) is 2.31. The molecule has 0 radical (unpaired) electrons. The minimum absolute atomic E-state index is 0.764. The lowest BCUT2D eigenvalue weighted by Crippen LogP contribution is -2.04. The number of para-hydroxylation sites is 1. The van der Waals surface area contributed by atoms with Crippen LogP contribution in [0.25, 0.3) is 11.0 Å². The third-order valence-electron chi connectivity index (χ3n) is 1.90. The van der Waals surface area contributed by atoms with Gasteiger partial charge >= 0.3 is 0 Å². The number of benzene rings is 1. The van der Waals surface area contributed by atoms with Crippen LogP contribution in [0.2, 0.25) is 0 Å². The Morgan fingerprint density at radius 2 is 2.38 bits per heavy atom. The Hall–Kier alpha value is -0.870. The fraction of sp³-hybridized carbons (Fsp3) is 0.222. The van der Waals surface area contributed by atoms with E-state index in [9.17, 15) is 0 Å². The van der Waals surface area contributed by atoms with E-state index >= 15 is 0 Å². The summed E-state index contributed by atoms with van der Waals surface area (Å²) < 4.78 is 5.96. The van der Waals surface area contributed by atoms with Crippen LogP contribution < -0.4 is 5.32 Å². The molecule has 0 fully saturated rings. The maximum atomic E-state index is 5.20. The Balaban J connectivity index is 2.63. The fourth-order valence-corrected chi connectivity index (χ4v) is 1.70. The molecular formula is C9H9BrN2O. The van der Waals surface area contributed by atoms with Crippen LogP contribution in [0, 0.1) is 0 Å². The Labute approximate surface area is 84.2 Å². The van der Waals surface area contributed by atoms with Gasteiger partial charge in [-0.25, -0.2) is 0 Å². The Morgan fingerprint density at radius 1 is 1.54 bits per heavy atom. The van der Waals surface area contributed by atoms with Gasteiger partial charge in [-0.15, -0.1) is 0 Å². The minimum atomic E-state index is 0.764. The van der Waals surface area contributed by atoms with Crippen molar-refractivity contribution in [2.45, 2.75) is 6.54 Å². The Bertz CT molecular complexity index is 424. The van der Waals surface area contributed by atoms with Crippen LogP contribution in [-0.2, 0) is 6.54 Å². The average molecular weight is 241 g/mol.